The van der Waals surface area contributed by atoms with E-state index in [-0.39, 0.29) is 6.67 Å². The van der Waals surface area contributed by atoms with Crippen molar-refractivity contribution in [2.45, 2.75) is 45.4 Å². The molecule has 17 heavy (non-hydrogen) atoms. The molecule has 3 nitrogen and oxygen atoms in total. The smallest absolute Gasteiger partial charge is 0.190 e. The molecule has 0 amide bonds. The van der Waals surface area contributed by atoms with Gasteiger partial charge in [0.2, 0.25) is 0 Å². The summed E-state index contributed by atoms with van der Waals surface area (Å²) >= 11 is 0. The van der Waals surface area contributed by atoms with Crippen LogP contribution in [0.3, 0.4) is 0 Å². The molecule has 0 aliphatic heterocycles. The average Bonchev–Trinajstić information content (AvgIpc) is 2.83. The van der Waals surface area contributed by atoms with E-state index in [9.17, 15) is 4.39 Å². The molecule has 0 atom stereocenters. The Hall–Kier alpha value is -0.800. The molecule has 1 saturated carbocycles. The summed E-state index contributed by atoms with van der Waals surface area (Å²) in [6.07, 6.45) is 7.10. The zero-order chi connectivity index (χ0) is 12.6. The van der Waals surface area contributed by atoms with Crippen LogP contribution in [-0.2, 0) is 0 Å². The number of rotatable bonds is 6. The van der Waals surface area contributed by atoms with Gasteiger partial charge in [-0.2, -0.15) is 0 Å². The average molecular weight is 243 g/mol. The molecule has 1 aliphatic carbocycles. The van der Waals surface area contributed by atoms with Gasteiger partial charge in [-0.1, -0.05) is 19.8 Å². The Kier molecular flexibility index (Phi) is 6.30. The summed E-state index contributed by atoms with van der Waals surface area (Å²) in [4.78, 5) is 4.16. The molecule has 0 saturated heterocycles. The maximum atomic E-state index is 12.0. The molecule has 1 fully saturated rings. The minimum Gasteiger partial charge on any atom is -0.356 e. The van der Waals surface area contributed by atoms with E-state index in [1.165, 1.54) is 32.1 Å². The van der Waals surface area contributed by atoms with Crippen LogP contribution in [0.15, 0.2) is 4.99 Å². The fourth-order valence-corrected chi connectivity index (χ4v) is 2.55. The Balaban J connectivity index is 2.31. The summed E-state index contributed by atoms with van der Waals surface area (Å²) in [6, 6.07) is 0. The molecule has 0 unspecified atom stereocenters. The zero-order valence-corrected chi connectivity index (χ0v) is 11.2. The van der Waals surface area contributed by atoms with Crippen LogP contribution in [-0.4, -0.2) is 32.8 Å². The van der Waals surface area contributed by atoms with Gasteiger partial charge in [0.05, 0.1) is 6.67 Å². The molecule has 0 aromatic carbocycles. The number of aliphatic imine (C=N–C) groups is 1. The van der Waals surface area contributed by atoms with Gasteiger partial charge in [-0.05, 0) is 31.1 Å². The molecule has 1 aliphatic rings. The van der Waals surface area contributed by atoms with Gasteiger partial charge >= 0.3 is 0 Å². The summed E-state index contributed by atoms with van der Waals surface area (Å²) in [5, 5.41) is 6.51. The Bertz CT molecular complexity index is 235. The SMILES string of the molecule is CCC1(CNC(=NC)NCCCF)CCCC1. The molecule has 0 bridgehead atoms. The highest BCUT2D eigenvalue weighted by Gasteiger charge is 2.31. The molecule has 1 rings (SSSR count). The molecule has 0 radical (unpaired) electrons. The number of nitrogens with zero attached hydrogens (tertiary/aromatic N) is 1. The highest BCUT2D eigenvalue weighted by molar-refractivity contribution is 5.79. The van der Waals surface area contributed by atoms with Crippen LogP contribution >= 0.6 is 0 Å². The van der Waals surface area contributed by atoms with E-state index in [0.29, 0.717) is 18.4 Å². The predicted molar refractivity (Wildman–Crippen MR) is 71.1 cm³/mol. The number of halogens is 1. The van der Waals surface area contributed by atoms with Crippen LogP contribution in [0.2, 0.25) is 0 Å². The van der Waals surface area contributed by atoms with Crippen molar-refractivity contribution in [3.63, 3.8) is 0 Å². The second-order valence-electron chi connectivity index (χ2n) is 4.96. The first-order valence-electron chi connectivity index (χ1n) is 6.77. The second-order valence-corrected chi connectivity index (χ2v) is 4.96. The molecule has 0 aromatic rings. The number of alkyl halides is 1. The summed E-state index contributed by atoms with van der Waals surface area (Å²) in [6.45, 7) is 3.63. The van der Waals surface area contributed by atoms with Crippen LogP contribution in [0.1, 0.15) is 45.4 Å². The van der Waals surface area contributed by atoms with Crippen LogP contribution in [0.5, 0.6) is 0 Å². The van der Waals surface area contributed by atoms with E-state index < -0.39 is 0 Å². The lowest BCUT2D eigenvalue weighted by molar-refractivity contribution is 0.283. The van der Waals surface area contributed by atoms with Gasteiger partial charge in [0.1, 0.15) is 0 Å². The van der Waals surface area contributed by atoms with Crippen molar-refractivity contribution in [2.24, 2.45) is 10.4 Å². The lowest BCUT2D eigenvalue weighted by Gasteiger charge is -2.28. The van der Waals surface area contributed by atoms with Crippen molar-refractivity contribution < 1.29 is 4.39 Å². The van der Waals surface area contributed by atoms with Gasteiger partial charge in [0.15, 0.2) is 5.96 Å². The van der Waals surface area contributed by atoms with E-state index >= 15 is 0 Å². The number of hydrogen-bond acceptors (Lipinski definition) is 1. The van der Waals surface area contributed by atoms with Gasteiger partial charge in [0.25, 0.3) is 0 Å². The number of nitrogens with one attached hydrogen (secondary N) is 2. The number of guanidine groups is 1. The van der Waals surface area contributed by atoms with Gasteiger partial charge in [0, 0.05) is 20.1 Å². The third kappa shape index (κ3) is 4.52. The summed E-state index contributed by atoms with van der Waals surface area (Å²) in [5.41, 5.74) is 0.456. The molecule has 4 heteroatoms. The van der Waals surface area contributed by atoms with Crippen LogP contribution < -0.4 is 10.6 Å². The van der Waals surface area contributed by atoms with Gasteiger partial charge in [-0.3, -0.25) is 9.38 Å². The van der Waals surface area contributed by atoms with E-state index in [0.717, 1.165) is 12.5 Å². The van der Waals surface area contributed by atoms with Gasteiger partial charge < -0.3 is 10.6 Å². The largest absolute Gasteiger partial charge is 0.356 e. The lowest BCUT2D eigenvalue weighted by atomic mass is 9.83. The van der Waals surface area contributed by atoms with Crippen molar-refractivity contribution >= 4 is 5.96 Å². The molecule has 0 aromatic heterocycles. The molecule has 0 spiro atoms. The minimum absolute atomic E-state index is 0.275. The third-order valence-electron chi connectivity index (χ3n) is 3.87. The van der Waals surface area contributed by atoms with Crippen molar-refractivity contribution in [2.75, 3.05) is 26.8 Å². The fraction of sp³-hybridized carbons (Fsp3) is 0.923. The topological polar surface area (TPSA) is 36.4 Å². The normalized spacial score (nSPS) is 19.4. The Labute approximate surface area is 104 Å². The molecule has 0 heterocycles. The minimum atomic E-state index is -0.275. The third-order valence-corrected chi connectivity index (χ3v) is 3.87. The van der Waals surface area contributed by atoms with E-state index in [2.05, 4.69) is 22.5 Å². The lowest BCUT2D eigenvalue weighted by Crippen LogP contribution is -2.43. The summed E-state index contributed by atoms with van der Waals surface area (Å²) < 4.78 is 12.0. The standard InChI is InChI=1S/C13H26FN3/c1-3-13(7-4-5-8-13)11-17-12(15-2)16-10-6-9-14/h3-11H2,1-2H3,(H2,15,16,17). The Morgan fingerprint density at radius 2 is 2.00 bits per heavy atom. The van der Waals surface area contributed by atoms with Gasteiger partial charge in [-0.25, -0.2) is 0 Å². The Morgan fingerprint density at radius 3 is 2.53 bits per heavy atom. The maximum Gasteiger partial charge on any atom is 0.190 e. The van der Waals surface area contributed by atoms with E-state index in [4.69, 9.17) is 0 Å². The second kappa shape index (κ2) is 7.51. The monoisotopic (exact) mass is 243 g/mol. The maximum absolute atomic E-state index is 12.0. The molecule has 100 valence electrons. The predicted octanol–water partition coefficient (Wildman–Crippen LogP) is 2.48. The molecular formula is C13H26FN3. The van der Waals surface area contributed by atoms with Gasteiger partial charge in [-0.15, -0.1) is 0 Å². The van der Waals surface area contributed by atoms with Crippen LogP contribution in [0, 0.1) is 5.41 Å². The first-order valence-corrected chi connectivity index (χ1v) is 6.77. The van der Waals surface area contributed by atoms with Crippen molar-refractivity contribution in [1.82, 2.24) is 10.6 Å². The van der Waals surface area contributed by atoms with E-state index in [1.54, 1.807) is 7.05 Å². The van der Waals surface area contributed by atoms with Crippen LogP contribution in [0.4, 0.5) is 4.39 Å². The first kappa shape index (κ1) is 14.3. The first-order chi connectivity index (χ1) is 8.26. The van der Waals surface area contributed by atoms with Crippen molar-refractivity contribution in [1.29, 1.82) is 0 Å². The quantitative estimate of drug-likeness (QED) is 0.427. The molecule has 2 N–H and O–H groups in total. The van der Waals surface area contributed by atoms with Crippen molar-refractivity contribution in [3.8, 4) is 0 Å². The van der Waals surface area contributed by atoms with Crippen LogP contribution in [0.25, 0.3) is 0 Å². The zero-order valence-electron chi connectivity index (χ0n) is 11.2. The highest BCUT2D eigenvalue weighted by Crippen LogP contribution is 2.40. The highest BCUT2D eigenvalue weighted by atomic mass is 19.1. The summed E-state index contributed by atoms with van der Waals surface area (Å²) in [5.74, 6) is 0.804. The fourth-order valence-electron chi connectivity index (χ4n) is 2.55. The van der Waals surface area contributed by atoms with Crippen molar-refractivity contribution in [3.05, 3.63) is 0 Å². The molecular weight excluding hydrogens is 217 g/mol. The van der Waals surface area contributed by atoms with E-state index in [1.807, 2.05) is 0 Å². The number of hydrogen-bond donors (Lipinski definition) is 2. The Morgan fingerprint density at radius 1 is 1.29 bits per heavy atom. The summed E-state index contributed by atoms with van der Waals surface area (Å²) in [7, 11) is 1.76.